The molecule has 3 heteroatoms. The molecule has 18 heavy (non-hydrogen) atoms. The van der Waals surface area contributed by atoms with Crippen molar-refractivity contribution in [2.24, 2.45) is 0 Å². The molecule has 0 fully saturated rings. The summed E-state index contributed by atoms with van der Waals surface area (Å²) in [4.78, 5) is 13.9. The first-order chi connectivity index (χ1) is 8.69. The summed E-state index contributed by atoms with van der Waals surface area (Å²) >= 11 is 0. The Balaban J connectivity index is 2.17. The highest BCUT2D eigenvalue weighted by atomic mass is 16.5. The Morgan fingerprint density at radius 3 is 3.00 bits per heavy atom. The van der Waals surface area contributed by atoms with E-state index in [1.54, 1.807) is 6.07 Å². The zero-order valence-electron chi connectivity index (χ0n) is 10.5. The molecule has 0 aliphatic heterocycles. The van der Waals surface area contributed by atoms with E-state index in [0.29, 0.717) is 0 Å². The number of pyridine rings is 1. The fraction of sp³-hybridized carbons (Fsp3) is 0.267. The van der Waals surface area contributed by atoms with E-state index in [9.17, 15) is 4.79 Å². The standard InChI is InChI=1S/C15H17NO2/c1-3-4-5-11(2)18-13-7-8-14-12(10-13)6-9-15(17)16-14/h3,6-11H,1,4-5H2,2H3,(H,16,17). The minimum Gasteiger partial charge on any atom is -0.491 e. The zero-order chi connectivity index (χ0) is 13.0. The first-order valence-corrected chi connectivity index (χ1v) is 6.09. The van der Waals surface area contributed by atoms with E-state index in [4.69, 9.17) is 4.74 Å². The van der Waals surface area contributed by atoms with Crippen LogP contribution in [0.1, 0.15) is 19.8 Å². The number of ether oxygens (including phenoxy) is 1. The SMILES string of the molecule is C=CCCC(C)Oc1ccc2[nH]c(=O)ccc2c1. The first-order valence-electron chi connectivity index (χ1n) is 6.09. The Hall–Kier alpha value is -2.03. The number of aromatic nitrogens is 1. The minimum atomic E-state index is -0.0875. The molecule has 1 aromatic carbocycles. The summed E-state index contributed by atoms with van der Waals surface area (Å²) in [5.41, 5.74) is 0.740. The number of allylic oxidation sites excluding steroid dienone is 1. The maximum absolute atomic E-state index is 11.2. The molecular formula is C15H17NO2. The van der Waals surface area contributed by atoms with Gasteiger partial charge in [0.15, 0.2) is 0 Å². The van der Waals surface area contributed by atoms with Crippen LogP contribution in [0.5, 0.6) is 5.75 Å². The number of rotatable bonds is 5. The largest absolute Gasteiger partial charge is 0.491 e. The Kier molecular flexibility index (Phi) is 3.82. The van der Waals surface area contributed by atoms with Crippen LogP contribution in [0, 0.1) is 0 Å². The molecule has 1 aromatic heterocycles. The molecule has 2 rings (SSSR count). The van der Waals surface area contributed by atoms with Crippen molar-refractivity contribution in [1.82, 2.24) is 4.98 Å². The van der Waals surface area contributed by atoms with Gasteiger partial charge in [-0.15, -0.1) is 6.58 Å². The van der Waals surface area contributed by atoms with Gasteiger partial charge in [-0.3, -0.25) is 4.79 Å². The number of nitrogens with one attached hydrogen (secondary N) is 1. The van der Waals surface area contributed by atoms with Crippen LogP contribution in [0.4, 0.5) is 0 Å². The van der Waals surface area contributed by atoms with E-state index in [1.165, 1.54) is 6.07 Å². The van der Waals surface area contributed by atoms with Gasteiger partial charge in [-0.2, -0.15) is 0 Å². The third-order valence-electron chi connectivity index (χ3n) is 2.81. The quantitative estimate of drug-likeness (QED) is 0.819. The third kappa shape index (κ3) is 3.00. The Morgan fingerprint density at radius 2 is 2.22 bits per heavy atom. The highest BCUT2D eigenvalue weighted by molar-refractivity contribution is 5.79. The molecule has 0 bridgehead atoms. The van der Waals surface area contributed by atoms with Gasteiger partial charge in [0.2, 0.25) is 5.56 Å². The van der Waals surface area contributed by atoms with E-state index < -0.39 is 0 Å². The average Bonchev–Trinajstić information content (AvgIpc) is 2.36. The number of hydrogen-bond donors (Lipinski definition) is 1. The summed E-state index contributed by atoms with van der Waals surface area (Å²) in [7, 11) is 0. The summed E-state index contributed by atoms with van der Waals surface area (Å²) < 4.78 is 5.81. The zero-order valence-corrected chi connectivity index (χ0v) is 10.5. The monoisotopic (exact) mass is 243 g/mol. The third-order valence-corrected chi connectivity index (χ3v) is 2.81. The number of benzene rings is 1. The molecule has 94 valence electrons. The number of aromatic amines is 1. The molecule has 0 saturated heterocycles. The van der Waals surface area contributed by atoms with Gasteiger partial charge in [-0.25, -0.2) is 0 Å². The fourth-order valence-corrected chi connectivity index (χ4v) is 1.85. The second-order valence-corrected chi connectivity index (χ2v) is 4.37. The summed E-state index contributed by atoms with van der Waals surface area (Å²) in [5, 5.41) is 0.975. The highest BCUT2D eigenvalue weighted by Gasteiger charge is 2.04. The van der Waals surface area contributed by atoms with Crippen LogP contribution >= 0.6 is 0 Å². The topological polar surface area (TPSA) is 42.1 Å². The second kappa shape index (κ2) is 5.54. The Bertz CT molecular complexity index is 601. The lowest BCUT2D eigenvalue weighted by molar-refractivity contribution is 0.212. The van der Waals surface area contributed by atoms with E-state index in [0.717, 1.165) is 29.5 Å². The number of fused-ring (bicyclic) bond motifs is 1. The molecule has 0 aliphatic carbocycles. The van der Waals surface area contributed by atoms with Crippen molar-refractivity contribution in [2.45, 2.75) is 25.9 Å². The van der Waals surface area contributed by atoms with Crippen molar-refractivity contribution in [1.29, 1.82) is 0 Å². The lowest BCUT2D eigenvalue weighted by Crippen LogP contribution is -2.11. The predicted molar refractivity (Wildman–Crippen MR) is 74.1 cm³/mol. The lowest BCUT2D eigenvalue weighted by Gasteiger charge is -2.14. The average molecular weight is 243 g/mol. The van der Waals surface area contributed by atoms with Crippen molar-refractivity contribution < 1.29 is 4.74 Å². The molecule has 1 N–H and O–H groups in total. The van der Waals surface area contributed by atoms with Crippen LogP contribution in [0.2, 0.25) is 0 Å². The molecular weight excluding hydrogens is 226 g/mol. The second-order valence-electron chi connectivity index (χ2n) is 4.37. The first kappa shape index (κ1) is 12.4. The fourth-order valence-electron chi connectivity index (χ4n) is 1.85. The van der Waals surface area contributed by atoms with Crippen LogP contribution in [-0.2, 0) is 0 Å². The van der Waals surface area contributed by atoms with Gasteiger partial charge >= 0.3 is 0 Å². The van der Waals surface area contributed by atoms with Crippen molar-refractivity contribution in [2.75, 3.05) is 0 Å². The van der Waals surface area contributed by atoms with E-state index in [2.05, 4.69) is 11.6 Å². The normalized spacial score (nSPS) is 12.3. The number of hydrogen-bond acceptors (Lipinski definition) is 2. The molecule has 0 amide bonds. The van der Waals surface area contributed by atoms with Crippen molar-refractivity contribution in [3.8, 4) is 5.75 Å². The van der Waals surface area contributed by atoms with E-state index in [-0.39, 0.29) is 11.7 Å². The summed E-state index contributed by atoms with van der Waals surface area (Å²) in [6.07, 6.45) is 3.95. The lowest BCUT2D eigenvalue weighted by atomic mass is 10.2. The van der Waals surface area contributed by atoms with Crippen LogP contribution in [0.15, 0.2) is 47.8 Å². The van der Waals surface area contributed by atoms with Gasteiger partial charge in [-0.05, 0) is 44.0 Å². The van der Waals surface area contributed by atoms with E-state index >= 15 is 0 Å². The van der Waals surface area contributed by atoms with Gasteiger partial charge in [-0.1, -0.05) is 6.08 Å². The molecule has 0 radical (unpaired) electrons. The number of H-pyrrole nitrogens is 1. The Morgan fingerprint density at radius 1 is 1.39 bits per heavy atom. The predicted octanol–water partition coefficient (Wildman–Crippen LogP) is 3.26. The van der Waals surface area contributed by atoms with Crippen LogP contribution in [0.3, 0.4) is 0 Å². The maximum atomic E-state index is 11.2. The van der Waals surface area contributed by atoms with Gasteiger partial charge in [0, 0.05) is 17.0 Å². The minimum absolute atomic E-state index is 0.0875. The molecule has 2 aromatic rings. The smallest absolute Gasteiger partial charge is 0.248 e. The molecule has 3 nitrogen and oxygen atoms in total. The Labute approximate surface area is 106 Å². The summed E-state index contributed by atoms with van der Waals surface area (Å²) in [5.74, 6) is 0.825. The van der Waals surface area contributed by atoms with Crippen molar-refractivity contribution in [3.63, 3.8) is 0 Å². The molecule has 0 saturated carbocycles. The molecule has 1 heterocycles. The van der Waals surface area contributed by atoms with Gasteiger partial charge < -0.3 is 9.72 Å². The molecule has 1 atom stereocenters. The highest BCUT2D eigenvalue weighted by Crippen LogP contribution is 2.20. The maximum Gasteiger partial charge on any atom is 0.248 e. The molecule has 0 spiro atoms. The van der Waals surface area contributed by atoms with Gasteiger partial charge in [0.25, 0.3) is 0 Å². The summed E-state index contributed by atoms with van der Waals surface area (Å²) in [6.45, 7) is 5.74. The van der Waals surface area contributed by atoms with Gasteiger partial charge in [0.1, 0.15) is 5.75 Å². The van der Waals surface area contributed by atoms with Crippen LogP contribution < -0.4 is 10.3 Å². The van der Waals surface area contributed by atoms with Crippen LogP contribution in [-0.4, -0.2) is 11.1 Å². The molecule has 0 aliphatic rings. The molecule has 1 unspecified atom stereocenters. The van der Waals surface area contributed by atoms with Crippen molar-refractivity contribution in [3.05, 3.63) is 53.3 Å². The summed E-state index contributed by atoms with van der Waals surface area (Å²) in [6, 6.07) is 9.01. The van der Waals surface area contributed by atoms with E-state index in [1.807, 2.05) is 31.2 Å². The van der Waals surface area contributed by atoms with Crippen LogP contribution in [0.25, 0.3) is 10.9 Å². The van der Waals surface area contributed by atoms with Gasteiger partial charge in [0.05, 0.1) is 6.10 Å². The van der Waals surface area contributed by atoms with Crippen molar-refractivity contribution >= 4 is 10.9 Å².